The van der Waals surface area contributed by atoms with E-state index in [0.717, 1.165) is 0 Å². The number of carbonyl (C=O) groups excluding carboxylic acids is 1. The third-order valence-corrected chi connectivity index (χ3v) is 2.23. The molecule has 0 aliphatic carbocycles. The van der Waals surface area contributed by atoms with Gasteiger partial charge in [0.15, 0.2) is 0 Å². The van der Waals surface area contributed by atoms with Crippen molar-refractivity contribution in [3.05, 3.63) is 23.7 Å². The second-order valence-electron chi connectivity index (χ2n) is 3.52. The molecule has 1 rings (SSSR count). The fourth-order valence-corrected chi connectivity index (χ4v) is 1.44. The van der Waals surface area contributed by atoms with Crippen molar-refractivity contribution in [1.29, 1.82) is 0 Å². The molecular formula is C11H14O5. The minimum atomic E-state index is -0.969. The van der Waals surface area contributed by atoms with Crippen LogP contribution < -0.4 is 0 Å². The van der Waals surface area contributed by atoms with Gasteiger partial charge in [-0.3, -0.25) is 9.59 Å². The summed E-state index contributed by atoms with van der Waals surface area (Å²) < 4.78 is 9.84. The average molecular weight is 226 g/mol. The van der Waals surface area contributed by atoms with Gasteiger partial charge < -0.3 is 14.3 Å². The smallest absolute Gasteiger partial charge is 0.306 e. The number of aliphatic carboxylic acids is 1. The zero-order valence-corrected chi connectivity index (χ0v) is 9.23. The largest absolute Gasteiger partial charge is 0.481 e. The van der Waals surface area contributed by atoms with Crippen molar-refractivity contribution in [3.63, 3.8) is 0 Å². The number of hydrogen-bond donors (Lipinski definition) is 1. The molecule has 0 amide bonds. The molecule has 1 unspecified atom stereocenters. The molecule has 1 aromatic rings. The first-order valence-corrected chi connectivity index (χ1v) is 4.88. The maximum Gasteiger partial charge on any atom is 0.306 e. The van der Waals surface area contributed by atoms with Crippen molar-refractivity contribution in [1.82, 2.24) is 0 Å². The van der Waals surface area contributed by atoms with E-state index in [2.05, 4.69) is 4.74 Å². The van der Waals surface area contributed by atoms with Crippen LogP contribution in [0.15, 0.2) is 16.5 Å². The van der Waals surface area contributed by atoms with Gasteiger partial charge in [-0.15, -0.1) is 0 Å². The normalized spacial score (nSPS) is 12.1. The van der Waals surface area contributed by atoms with Crippen LogP contribution in [0.2, 0.25) is 0 Å². The quantitative estimate of drug-likeness (QED) is 0.773. The third-order valence-electron chi connectivity index (χ3n) is 2.23. The van der Waals surface area contributed by atoms with Crippen molar-refractivity contribution in [2.45, 2.75) is 25.7 Å². The molecule has 1 atom stereocenters. The van der Waals surface area contributed by atoms with Gasteiger partial charge in [0.1, 0.15) is 11.5 Å². The lowest BCUT2D eigenvalue weighted by Gasteiger charge is -2.10. The Bertz CT molecular complexity index is 379. The van der Waals surface area contributed by atoms with E-state index in [9.17, 15) is 9.59 Å². The van der Waals surface area contributed by atoms with Gasteiger partial charge in [0.05, 0.1) is 20.0 Å². The van der Waals surface area contributed by atoms with Crippen molar-refractivity contribution < 1.29 is 23.8 Å². The fourth-order valence-electron chi connectivity index (χ4n) is 1.44. The number of carboxylic acids is 1. The molecule has 0 aliphatic heterocycles. The molecular weight excluding hydrogens is 212 g/mol. The van der Waals surface area contributed by atoms with Crippen LogP contribution in [0.25, 0.3) is 0 Å². The molecule has 0 aromatic carbocycles. The zero-order chi connectivity index (χ0) is 12.1. The molecule has 16 heavy (non-hydrogen) atoms. The lowest BCUT2D eigenvalue weighted by molar-refractivity contribution is -0.142. The standard InChI is InChI=1S/C11H14O5/c1-7-3-4-9(16-7)8(5-10(12)13)6-11(14)15-2/h3-4,8H,5-6H2,1-2H3,(H,12,13). The molecule has 0 saturated carbocycles. The number of hydrogen-bond acceptors (Lipinski definition) is 4. The Morgan fingerprint density at radius 1 is 1.44 bits per heavy atom. The molecule has 0 radical (unpaired) electrons. The van der Waals surface area contributed by atoms with Crippen LogP contribution >= 0.6 is 0 Å². The van der Waals surface area contributed by atoms with Gasteiger partial charge in [0.25, 0.3) is 0 Å². The third kappa shape index (κ3) is 3.42. The van der Waals surface area contributed by atoms with E-state index in [1.807, 2.05) is 0 Å². The van der Waals surface area contributed by atoms with Gasteiger partial charge in [-0.05, 0) is 19.1 Å². The van der Waals surface area contributed by atoms with E-state index in [1.54, 1.807) is 19.1 Å². The second-order valence-corrected chi connectivity index (χ2v) is 3.52. The molecule has 1 heterocycles. The molecule has 0 spiro atoms. The molecule has 5 nitrogen and oxygen atoms in total. The Kier molecular flexibility index (Phi) is 4.10. The summed E-state index contributed by atoms with van der Waals surface area (Å²) in [6.07, 6.45) is -0.141. The van der Waals surface area contributed by atoms with Crippen molar-refractivity contribution in [2.75, 3.05) is 7.11 Å². The highest BCUT2D eigenvalue weighted by Crippen LogP contribution is 2.25. The summed E-state index contributed by atoms with van der Waals surface area (Å²) in [6, 6.07) is 3.42. The van der Waals surface area contributed by atoms with E-state index in [-0.39, 0.29) is 12.8 Å². The predicted molar refractivity (Wildman–Crippen MR) is 55.1 cm³/mol. The number of carboxylic acid groups (broad SMARTS) is 1. The van der Waals surface area contributed by atoms with Gasteiger partial charge in [-0.25, -0.2) is 0 Å². The van der Waals surface area contributed by atoms with E-state index in [0.29, 0.717) is 11.5 Å². The minimum absolute atomic E-state index is 0.00968. The number of aryl methyl sites for hydroxylation is 1. The van der Waals surface area contributed by atoms with Crippen LogP contribution in [-0.2, 0) is 14.3 Å². The summed E-state index contributed by atoms with van der Waals surface area (Å²) in [5.74, 6) is -0.692. The van der Waals surface area contributed by atoms with Gasteiger partial charge in [-0.2, -0.15) is 0 Å². The minimum Gasteiger partial charge on any atom is -0.481 e. The molecule has 5 heteroatoms. The summed E-state index contributed by atoms with van der Waals surface area (Å²) in [5, 5.41) is 8.74. The van der Waals surface area contributed by atoms with E-state index < -0.39 is 17.9 Å². The molecule has 1 N–H and O–H groups in total. The maximum absolute atomic E-state index is 11.1. The van der Waals surface area contributed by atoms with Crippen molar-refractivity contribution >= 4 is 11.9 Å². The van der Waals surface area contributed by atoms with Crippen LogP contribution in [0, 0.1) is 6.92 Å². The first kappa shape index (κ1) is 12.3. The number of esters is 1. The van der Waals surface area contributed by atoms with Gasteiger partial charge >= 0.3 is 11.9 Å². The first-order chi connectivity index (χ1) is 7.52. The lowest BCUT2D eigenvalue weighted by atomic mass is 9.99. The van der Waals surface area contributed by atoms with Crippen molar-refractivity contribution in [3.8, 4) is 0 Å². The molecule has 0 saturated heterocycles. The predicted octanol–water partition coefficient (Wildman–Crippen LogP) is 1.71. The number of rotatable bonds is 5. The Hall–Kier alpha value is -1.78. The maximum atomic E-state index is 11.1. The van der Waals surface area contributed by atoms with Crippen LogP contribution in [0.4, 0.5) is 0 Å². The van der Waals surface area contributed by atoms with Gasteiger partial charge in [0.2, 0.25) is 0 Å². The number of ether oxygens (including phenoxy) is 1. The van der Waals surface area contributed by atoms with Crippen LogP contribution in [-0.4, -0.2) is 24.2 Å². The van der Waals surface area contributed by atoms with Crippen LogP contribution in [0.1, 0.15) is 30.3 Å². The molecule has 1 aromatic heterocycles. The van der Waals surface area contributed by atoms with E-state index >= 15 is 0 Å². The van der Waals surface area contributed by atoms with Crippen LogP contribution in [0.3, 0.4) is 0 Å². The Balaban J connectivity index is 2.78. The monoisotopic (exact) mass is 226 g/mol. The summed E-state index contributed by atoms with van der Waals surface area (Å²) in [4.78, 5) is 21.8. The van der Waals surface area contributed by atoms with E-state index in [1.165, 1.54) is 7.11 Å². The van der Waals surface area contributed by atoms with Gasteiger partial charge in [0, 0.05) is 5.92 Å². The number of carbonyl (C=O) groups is 2. The number of furan rings is 1. The summed E-state index contributed by atoms with van der Waals surface area (Å²) in [7, 11) is 1.27. The Morgan fingerprint density at radius 3 is 2.56 bits per heavy atom. The van der Waals surface area contributed by atoms with Gasteiger partial charge in [-0.1, -0.05) is 0 Å². The lowest BCUT2D eigenvalue weighted by Crippen LogP contribution is -2.12. The van der Waals surface area contributed by atoms with E-state index in [4.69, 9.17) is 9.52 Å². The molecule has 0 aliphatic rings. The Labute approximate surface area is 93.0 Å². The fraction of sp³-hybridized carbons (Fsp3) is 0.455. The number of methoxy groups -OCH3 is 1. The van der Waals surface area contributed by atoms with Crippen molar-refractivity contribution in [2.24, 2.45) is 0 Å². The topological polar surface area (TPSA) is 76.7 Å². The molecule has 88 valence electrons. The van der Waals surface area contributed by atoms with Crippen LogP contribution in [0.5, 0.6) is 0 Å². The molecule has 0 fully saturated rings. The Morgan fingerprint density at radius 2 is 2.12 bits per heavy atom. The summed E-state index contributed by atoms with van der Waals surface area (Å²) in [5.41, 5.74) is 0. The highest BCUT2D eigenvalue weighted by atomic mass is 16.5. The first-order valence-electron chi connectivity index (χ1n) is 4.88. The summed E-state index contributed by atoms with van der Waals surface area (Å²) in [6.45, 7) is 1.76. The average Bonchev–Trinajstić information content (AvgIpc) is 2.63. The highest BCUT2D eigenvalue weighted by Gasteiger charge is 2.22. The molecule has 0 bridgehead atoms. The SMILES string of the molecule is COC(=O)CC(CC(=O)O)c1ccc(C)o1. The summed E-state index contributed by atoms with van der Waals surface area (Å²) >= 11 is 0. The zero-order valence-electron chi connectivity index (χ0n) is 9.23. The second kappa shape index (κ2) is 5.34. The highest BCUT2D eigenvalue weighted by molar-refractivity contribution is 5.73.